The van der Waals surface area contributed by atoms with Crippen LogP contribution in [0.25, 0.3) is 0 Å². The van der Waals surface area contributed by atoms with Gasteiger partial charge in [0.1, 0.15) is 5.69 Å². The lowest BCUT2D eigenvalue weighted by molar-refractivity contribution is 0.0922. The van der Waals surface area contributed by atoms with Crippen LogP contribution in [0.2, 0.25) is 0 Å². The predicted molar refractivity (Wildman–Crippen MR) is 84.5 cm³/mol. The van der Waals surface area contributed by atoms with Gasteiger partial charge < -0.3 is 10.6 Å². The number of nitrogens with one attached hydrogen (secondary N) is 2. The van der Waals surface area contributed by atoms with E-state index in [9.17, 15) is 4.79 Å². The van der Waals surface area contributed by atoms with Gasteiger partial charge in [-0.2, -0.15) is 0 Å². The zero-order valence-corrected chi connectivity index (χ0v) is 12.6. The summed E-state index contributed by atoms with van der Waals surface area (Å²) in [6.45, 7) is 0. The molecule has 4 nitrogen and oxygen atoms in total. The zero-order valence-electron chi connectivity index (χ0n) is 12.6. The van der Waals surface area contributed by atoms with Gasteiger partial charge in [-0.1, -0.05) is 32.1 Å². The molecule has 2 aliphatic carbocycles. The lowest BCUT2D eigenvalue weighted by Crippen LogP contribution is -2.36. The summed E-state index contributed by atoms with van der Waals surface area (Å²) in [6, 6.07) is 4.73. The van der Waals surface area contributed by atoms with E-state index in [-0.39, 0.29) is 5.91 Å². The van der Waals surface area contributed by atoms with Gasteiger partial charge in [0.05, 0.1) is 0 Å². The highest BCUT2D eigenvalue weighted by Crippen LogP contribution is 2.22. The number of nitrogens with zero attached hydrogens (tertiary/aromatic N) is 1. The molecule has 0 radical (unpaired) electrons. The molecular weight excluding hydrogens is 262 g/mol. The number of hydrogen-bond donors (Lipinski definition) is 2. The van der Waals surface area contributed by atoms with E-state index >= 15 is 0 Å². The number of carbonyl (C=O) groups excluding carboxylic acids is 1. The first kappa shape index (κ1) is 14.4. The van der Waals surface area contributed by atoms with Crippen molar-refractivity contribution in [2.45, 2.75) is 69.9 Å². The van der Waals surface area contributed by atoms with Crippen LogP contribution in [0, 0.1) is 0 Å². The Morgan fingerprint density at radius 3 is 2.43 bits per heavy atom. The largest absolute Gasteiger partial charge is 0.382 e. The van der Waals surface area contributed by atoms with Gasteiger partial charge in [0.2, 0.25) is 0 Å². The summed E-state index contributed by atoms with van der Waals surface area (Å²) < 4.78 is 0. The van der Waals surface area contributed by atoms with Crippen LogP contribution in [0.3, 0.4) is 0 Å². The van der Waals surface area contributed by atoms with Crippen LogP contribution in [0.5, 0.6) is 0 Å². The minimum absolute atomic E-state index is 0.0306. The van der Waals surface area contributed by atoms with E-state index in [0.29, 0.717) is 17.8 Å². The van der Waals surface area contributed by atoms with Gasteiger partial charge in [0.15, 0.2) is 0 Å². The maximum Gasteiger partial charge on any atom is 0.270 e. The second kappa shape index (κ2) is 6.92. The maximum absolute atomic E-state index is 12.3. The third kappa shape index (κ3) is 3.96. The molecule has 2 N–H and O–H groups in total. The van der Waals surface area contributed by atoms with Crippen molar-refractivity contribution in [2.24, 2.45) is 0 Å². The Hall–Kier alpha value is -1.58. The van der Waals surface area contributed by atoms with E-state index in [0.717, 1.165) is 18.5 Å². The second-order valence-corrected chi connectivity index (χ2v) is 6.36. The molecule has 0 aliphatic heterocycles. The molecule has 0 unspecified atom stereocenters. The molecule has 1 aromatic heterocycles. The predicted octanol–water partition coefficient (Wildman–Crippen LogP) is 3.50. The fraction of sp³-hybridized carbons (Fsp3) is 0.647. The van der Waals surface area contributed by atoms with Crippen LogP contribution in [-0.2, 0) is 0 Å². The van der Waals surface area contributed by atoms with Gasteiger partial charge in [-0.25, -0.2) is 0 Å². The molecule has 114 valence electrons. The van der Waals surface area contributed by atoms with Gasteiger partial charge >= 0.3 is 0 Å². The first-order chi connectivity index (χ1) is 10.3. The average molecular weight is 287 g/mol. The summed E-state index contributed by atoms with van der Waals surface area (Å²) in [7, 11) is 0. The summed E-state index contributed by atoms with van der Waals surface area (Å²) in [5.41, 5.74) is 1.55. The molecule has 0 saturated heterocycles. The Balaban J connectivity index is 1.59. The topological polar surface area (TPSA) is 54.0 Å². The highest BCUT2D eigenvalue weighted by Gasteiger charge is 2.18. The SMILES string of the molecule is O=C(NC1CCCCC1)c1cc(NC2CCCC2)ccn1. The second-order valence-electron chi connectivity index (χ2n) is 6.36. The monoisotopic (exact) mass is 287 g/mol. The molecule has 2 aliphatic rings. The summed E-state index contributed by atoms with van der Waals surface area (Å²) in [6.07, 6.45) is 12.7. The van der Waals surface area contributed by atoms with Crippen molar-refractivity contribution in [3.63, 3.8) is 0 Å². The van der Waals surface area contributed by atoms with Crippen LogP contribution >= 0.6 is 0 Å². The highest BCUT2D eigenvalue weighted by atomic mass is 16.1. The van der Waals surface area contributed by atoms with E-state index in [1.807, 2.05) is 12.1 Å². The first-order valence-electron chi connectivity index (χ1n) is 8.35. The summed E-state index contributed by atoms with van der Waals surface area (Å²) in [4.78, 5) is 16.5. The van der Waals surface area contributed by atoms with Crippen LogP contribution in [0.4, 0.5) is 5.69 Å². The molecule has 3 rings (SSSR count). The molecule has 2 fully saturated rings. The van der Waals surface area contributed by atoms with Gasteiger partial charge in [-0.3, -0.25) is 9.78 Å². The number of carbonyl (C=O) groups is 1. The quantitative estimate of drug-likeness (QED) is 0.891. The third-order valence-electron chi connectivity index (χ3n) is 4.66. The first-order valence-corrected chi connectivity index (χ1v) is 8.35. The number of rotatable bonds is 4. The van der Waals surface area contributed by atoms with Gasteiger partial charge in [-0.05, 0) is 37.8 Å². The number of amides is 1. The van der Waals surface area contributed by atoms with E-state index < -0.39 is 0 Å². The van der Waals surface area contributed by atoms with E-state index in [2.05, 4.69) is 15.6 Å². The Morgan fingerprint density at radius 2 is 1.67 bits per heavy atom. The molecular formula is C17H25N3O. The lowest BCUT2D eigenvalue weighted by Gasteiger charge is -2.22. The number of hydrogen-bond acceptors (Lipinski definition) is 3. The van der Waals surface area contributed by atoms with E-state index in [1.165, 1.54) is 44.9 Å². The lowest BCUT2D eigenvalue weighted by atomic mass is 9.95. The smallest absolute Gasteiger partial charge is 0.270 e. The van der Waals surface area contributed by atoms with Crippen molar-refractivity contribution in [3.05, 3.63) is 24.0 Å². The summed E-state index contributed by atoms with van der Waals surface area (Å²) in [5.74, 6) is -0.0306. The minimum atomic E-state index is -0.0306. The Kier molecular flexibility index (Phi) is 4.73. The van der Waals surface area contributed by atoms with Gasteiger partial charge in [-0.15, -0.1) is 0 Å². The van der Waals surface area contributed by atoms with Gasteiger partial charge in [0, 0.05) is 24.0 Å². The molecule has 0 atom stereocenters. The normalized spacial score (nSPS) is 20.4. The van der Waals surface area contributed by atoms with Crippen LogP contribution in [0.15, 0.2) is 18.3 Å². The zero-order chi connectivity index (χ0) is 14.5. The van der Waals surface area contributed by atoms with E-state index in [4.69, 9.17) is 0 Å². The Labute approximate surface area is 126 Å². The fourth-order valence-corrected chi connectivity index (χ4v) is 3.46. The van der Waals surface area contributed by atoms with Crippen molar-refractivity contribution < 1.29 is 4.79 Å². The van der Waals surface area contributed by atoms with Crippen LogP contribution in [-0.4, -0.2) is 23.0 Å². The average Bonchev–Trinajstić information content (AvgIpc) is 3.01. The van der Waals surface area contributed by atoms with Crippen molar-refractivity contribution in [1.29, 1.82) is 0 Å². The van der Waals surface area contributed by atoms with Crippen molar-refractivity contribution in [3.8, 4) is 0 Å². The molecule has 1 aromatic rings. The molecule has 1 amide bonds. The van der Waals surface area contributed by atoms with Gasteiger partial charge in [0.25, 0.3) is 5.91 Å². The molecule has 2 saturated carbocycles. The molecule has 4 heteroatoms. The summed E-state index contributed by atoms with van der Waals surface area (Å²) in [5, 5.41) is 6.65. The summed E-state index contributed by atoms with van der Waals surface area (Å²) >= 11 is 0. The molecule has 0 spiro atoms. The van der Waals surface area contributed by atoms with Crippen LogP contribution < -0.4 is 10.6 Å². The third-order valence-corrected chi connectivity index (χ3v) is 4.66. The Bertz CT molecular complexity index is 477. The number of pyridine rings is 1. The molecule has 0 bridgehead atoms. The van der Waals surface area contributed by atoms with Crippen molar-refractivity contribution in [1.82, 2.24) is 10.3 Å². The van der Waals surface area contributed by atoms with Crippen molar-refractivity contribution >= 4 is 11.6 Å². The van der Waals surface area contributed by atoms with E-state index in [1.54, 1.807) is 6.20 Å². The van der Waals surface area contributed by atoms with Crippen LogP contribution in [0.1, 0.15) is 68.3 Å². The van der Waals surface area contributed by atoms with Crippen molar-refractivity contribution in [2.75, 3.05) is 5.32 Å². The highest BCUT2D eigenvalue weighted by molar-refractivity contribution is 5.93. The standard InChI is InChI=1S/C17H25N3O/c21-17(20-14-6-2-1-3-7-14)16-12-15(10-11-18-16)19-13-8-4-5-9-13/h10-14H,1-9H2,(H,18,19)(H,20,21). The molecule has 1 heterocycles. The maximum atomic E-state index is 12.3. The minimum Gasteiger partial charge on any atom is -0.382 e. The number of aromatic nitrogens is 1. The molecule has 21 heavy (non-hydrogen) atoms. The fourth-order valence-electron chi connectivity index (χ4n) is 3.46. The number of anilines is 1. The molecule has 0 aromatic carbocycles. The Morgan fingerprint density at radius 1 is 1.00 bits per heavy atom.